The van der Waals surface area contributed by atoms with Gasteiger partial charge in [-0.05, 0) is 24.3 Å². The molecule has 1 aliphatic carbocycles. The van der Waals surface area contributed by atoms with E-state index in [1.54, 1.807) is 30.4 Å². The van der Waals surface area contributed by atoms with Gasteiger partial charge in [-0.3, -0.25) is 4.79 Å². The lowest BCUT2D eigenvalue weighted by Gasteiger charge is -2.15. The number of ketones is 1. The van der Waals surface area contributed by atoms with Gasteiger partial charge in [0.05, 0.1) is 0 Å². The highest BCUT2D eigenvalue weighted by atomic mass is 16.5. The van der Waals surface area contributed by atoms with Gasteiger partial charge in [-0.15, -0.1) is 10.2 Å². The van der Waals surface area contributed by atoms with Gasteiger partial charge in [0, 0.05) is 32.1 Å². The molecule has 0 aliphatic heterocycles. The average Bonchev–Trinajstić information content (AvgIpc) is 2.39. The van der Waals surface area contributed by atoms with Crippen LogP contribution in [0.4, 0.5) is 0 Å². The van der Waals surface area contributed by atoms with Crippen LogP contribution in [0.1, 0.15) is 0 Å². The van der Waals surface area contributed by atoms with Crippen molar-refractivity contribution in [2.45, 2.75) is 0 Å². The maximum Gasteiger partial charge on any atom is 0.208 e. The highest BCUT2D eigenvalue weighted by Crippen LogP contribution is 2.07. The van der Waals surface area contributed by atoms with Crippen LogP contribution in [0.15, 0.2) is 58.5 Å². The zero-order chi connectivity index (χ0) is 13.8. The lowest BCUT2D eigenvalue weighted by molar-refractivity contribution is -0.108. The molecule has 0 radical (unpaired) electrons. The van der Waals surface area contributed by atoms with Crippen LogP contribution in [0.25, 0.3) is 0 Å². The number of likely N-dealkylation sites (N-methyl/N-ethyl adjacent to an activating group) is 1. The number of hydrogen-bond acceptors (Lipinski definition) is 5. The molecule has 1 aliphatic rings. The lowest BCUT2D eigenvalue weighted by atomic mass is 10.1. The first-order valence-electron chi connectivity index (χ1n) is 5.68. The third-order valence-corrected chi connectivity index (χ3v) is 2.54. The van der Waals surface area contributed by atoms with Crippen LogP contribution >= 0.6 is 0 Å². The van der Waals surface area contributed by atoms with Gasteiger partial charge in [0.25, 0.3) is 0 Å². The molecule has 0 aromatic carbocycles. The van der Waals surface area contributed by atoms with E-state index in [1.807, 2.05) is 19.0 Å². The van der Waals surface area contributed by atoms with Gasteiger partial charge < -0.3 is 10.1 Å². The molecule has 0 spiro atoms. The molecule has 6 heteroatoms. The Morgan fingerprint density at radius 1 is 1.21 bits per heavy atom. The highest BCUT2D eigenvalue weighted by molar-refractivity contribution is 6.48. The molecule has 6 nitrogen and oxygen atoms in total. The van der Waals surface area contributed by atoms with Crippen LogP contribution in [0.3, 0.4) is 0 Å². The minimum atomic E-state index is -0.213. The van der Waals surface area contributed by atoms with E-state index >= 15 is 0 Å². The number of hydrogen-bond donors (Lipinski definition) is 1. The second-order valence-electron chi connectivity index (χ2n) is 4.15. The van der Waals surface area contributed by atoms with E-state index < -0.39 is 0 Å². The summed E-state index contributed by atoms with van der Waals surface area (Å²) in [6, 6.07) is 4.96. The molecule has 1 N–H and O–H groups in total. The Hall–Kier alpha value is -2.63. The smallest absolute Gasteiger partial charge is 0.208 e. The van der Waals surface area contributed by atoms with E-state index in [-0.39, 0.29) is 17.0 Å². The van der Waals surface area contributed by atoms with Gasteiger partial charge in [-0.2, -0.15) is 4.73 Å². The van der Waals surface area contributed by atoms with E-state index in [0.29, 0.717) is 0 Å². The van der Waals surface area contributed by atoms with Gasteiger partial charge in [-0.1, -0.05) is 6.07 Å². The molecule has 0 fully saturated rings. The summed E-state index contributed by atoms with van der Waals surface area (Å²) in [5.41, 5.74) is 1.29. The molecule has 2 rings (SSSR count). The molecule has 98 valence electrons. The van der Waals surface area contributed by atoms with Crippen molar-refractivity contribution in [1.82, 2.24) is 9.63 Å². The van der Waals surface area contributed by atoms with Crippen molar-refractivity contribution in [2.75, 3.05) is 14.1 Å². The van der Waals surface area contributed by atoms with Gasteiger partial charge in [0.1, 0.15) is 5.71 Å². The van der Waals surface area contributed by atoms with Gasteiger partial charge in [0.15, 0.2) is 5.49 Å². The zero-order valence-corrected chi connectivity index (χ0v) is 10.7. The van der Waals surface area contributed by atoms with Crippen LogP contribution in [-0.4, -0.2) is 40.4 Å². The molecule has 0 saturated carbocycles. The zero-order valence-electron chi connectivity index (χ0n) is 10.7. The van der Waals surface area contributed by atoms with Gasteiger partial charge >= 0.3 is 0 Å². The summed E-state index contributed by atoms with van der Waals surface area (Å²) in [5.74, 6) is -0.213. The summed E-state index contributed by atoms with van der Waals surface area (Å²) in [6.07, 6.45) is 6.31. The maximum absolute atomic E-state index is 11.8. The first-order chi connectivity index (χ1) is 9.08. The summed E-state index contributed by atoms with van der Waals surface area (Å²) in [5, 5.41) is 17.1. The predicted molar refractivity (Wildman–Crippen MR) is 70.5 cm³/mol. The Bertz CT molecular complexity index is 651. The van der Waals surface area contributed by atoms with E-state index in [1.165, 1.54) is 12.3 Å². The Labute approximate surface area is 110 Å². The SMILES string of the molecule is CN(C)C1=CC(=O)/C(=N\N=c2/ccccn2O)C=C1. The molecule has 1 aromatic heterocycles. The van der Waals surface area contributed by atoms with E-state index in [2.05, 4.69) is 10.2 Å². The van der Waals surface area contributed by atoms with Crippen molar-refractivity contribution >= 4 is 11.5 Å². The fraction of sp³-hybridized carbons (Fsp3) is 0.154. The van der Waals surface area contributed by atoms with Crippen molar-refractivity contribution < 1.29 is 10.0 Å². The summed E-state index contributed by atoms with van der Waals surface area (Å²) in [4.78, 5) is 13.6. The first kappa shape index (κ1) is 12.8. The summed E-state index contributed by atoms with van der Waals surface area (Å²) in [6.45, 7) is 0. The average molecular weight is 258 g/mol. The predicted octanol–water partition coefficient (Wildman–Crippen LogP) is 0.566. The molecule has 0 amide bonds. The van der Waals surface area contributed by atoms with Crippen molar-refractivity contribution in [1.29, 1.82) is 0 Å². The van der Waals surface area contributed by atoms with E-state index in [4.69, 9.17) is 0 Å². The quantitative estimate of drug-likeness (QED) is 0.479. The van der Waals surface area contributed by atoms with Crippen molar-refractivity contribution in [2.24, 2.45) is 10.2 Å². The highest BCUT2D eigenvalue weighted by Gasteiger charge is 2.12. The molecular weight excluding hydrogens is 244 g/mol. The summed E-state index contributed by atoms with van der Waals surface area (Å²) < 4.78 is 0.835. The molecule has 1 aromatic rings. The molecule has 0 saturated heterocycles. The number of rotatable bonds is 2. The number of pyridine rings is 1. The standard InChI is InChI=1S/C13H14N4O2/c1-16(2)10-6-7-11(12(18)9-10)14-15-13-5-3-4-8-17(13)19/h3-9,19H,1-2H3/b14-11-,15-13+. The van der Waals surface area contributed by atoms with Crippen molar-refractivity contribution in [3.63, 3.8) is 0 Å². The minimum Gasteiger partial charge on any atom is -0.427 e. The van der Waals surface area contributed by atoms with Crippen molar-refractivity contribution in [3.8, 4) is 0 Å². The van der Waals surface area contributed by atoms with Gasteiger partial charge in [-0.25, -0.2) is 0 Å². The molecular formula is C13H14N4O2. The Balaban J connectivity index is 2.29. The number of nitrogens with zero attached hydrogens (tertiary/aromatic N) is 4. The summed E-state index contributed by atoms with van der Waals surface area (Å²) in [7, 11) is 3.71. The van der Waals surface area contributed by atoms with Crippen LogP contribution in [0.2, 0.25) is 0 Å². The number of allylic oxidation sites excluding steroid dienone is 3. The van der Waals surface area contributed by atoms with E-state index in [0.717, 1.165) is 10.4 Å². The minimum absolute atomic E-state index is 0.213. The first-order valence-corrected chi connectivity index (χ1v) is 5.68. The number of carbonyl (C=O) groups is 1. The topological polar surface area (TPSA) is 70.2 Å². The third kappa shape index (κ3) is 2.98. The largest absolute Gasteiger partial charge is 0.427 e. The van der Waals surface area contributed by atoms with Crippen molar-refractivity contribution in [3.05, 3.63) is 53.8 Å². The maximum atomic E-state index is 11.8. The molecule has 0 atom stereocenters. The molecule has 0 unspecified atom stereocenters. The van der Waals surface area contributed by atoms with Gasteiger partial charge in [0.2, 0.25) is 5.78 Å². The Kier molecular flexibility index (Phi) is 3.61. The molecule has 19 heavy (non-hydrogen) atoms. The Morgan fingerprint density at radius 2 is 2.00 bits per heavy atom. The fourth-order valence-corrected chi connectivity index (χ4v) is 1.47. The van der Waals surface area contributed by atoms with E-state index in [9.17, 15) is 10.0 Å². The third-order valence-electron chi connectivity index (χ3n) is 2.54. The van der Waals surface area contributed by atoms with Crippen LogP contribution < -0.4 is 5.49 Å². The number of carbonyl (C=O) groups excluding carboxylic acids is 1. The molecule has 0 bridgehead atoms. The van der Waals surface area contributed by atoms with Crippen LogP contribution in [0, 0.1) is 0 Å². The second kappa shape index (κ2) is 5.34. The summed E-state index contributed by atoms with van der Waals surface area (Å²) >= 11 is 0. The fourth-order valence-electron chi connectivity index (χ4n) is 1.47. The van der Waals surface area contributed by atoms with Crippen LogP contribution in [-0.2, 0) is 4.79 Å². The Morgan fingerprint density at radius 3 is 2.63 bits per heavy atom. The van der Waals surface area contributed by atoms with Crippen LogP contribution in [0.5, 0.6) is 0 Å². The monoisotopic (exact) mass is 258 g/mol. The number of aromatic nitrogens is 1. The second-order valence-corrected chi connectivity index (χ2v) is 4.15. The normalized spacial score (nSPS) is 17.8. The lowest BCUT2D eigenvalue weighted by Crippen LogP contribution is -2.20. The molecule has 1 heterocycles.